The molecule has 0 atom stereocenters. The number of anilines is 1. The lowest BCUT2D eigenvalue weighted by atomic mass is 10.0. The molecule has 4 aromatic rings. The van der Waals surface area contributed by atoms with Crippen molar-refractivity contribution < 1.29 is 26.7 Å². The van der Waals surface area contributed by atoms with E-state index in [-0.39, 0.29) is 33.7 Å². The molecule has 0 fully saturated rings. The Hall–Kier alpha value is -3.95. The van der Waals surface area contributed by atoms with E-state index in [4.69, 9.17) is 5.73 Å². The van der Waals surface area contributed by atoms with E-state index in [1.54, 1.807) is 30.3 Å². The fourth-order valence-corrected chi connectivity index (χ4v) is 3.36. The molecular weight excluding hydrogens is 433 g/mol. The molecule has 5 nitrogen and oxygen atoms in total. The van der Waals surface area contributed by atoms with E-state index in [9.17, 15) is 26.7 Å². The number of halogens is 5. The highest BCUT2D eigenvalue weighted by Gasteiger charge is 2.32. The van der Waals surface area contributed by atoms with E-state index in [2.05, 4.69) is 9.72 Å². The van der Waals surface area contributed by atoms with Crippen LogP contribution in [-0.4, -0.2) is 16.2 Å². The number of ether oxygens (including phenoxy) is 1. The topological polar surface area (TPSA) is 70.1 Å². The molecule has 0 amide bonds. The first-order valence-corrected chi connectivity index (χ1v) is 9.19. The Morgan fingerprint density at radius 2 is 1.66 bits per heavy atom. The minimum absolute atomic E-state index is 0.00985. The second-order valence-corrected chi connectivity index (χ2v) is 6.76. The normalized spacial score (nSPS) is 11.8. The average molecular weight is 447 g/mol. The van der Waals surface area contributed by atoms with Gasteiger partial charge in [-0.3, -0.25) is 14.3 Å². The molecule has 0 saturated heterocycles. The molecule has 164 valence electrons. The summed E-state index contributed by atoms with van der Waals surface area (Å²) in [5.41, 5.74) is 4.79. The Bertz CT molecular complexity index is 1330. The van der Waals surface area contributed by atoms with Gasteiger partial charge in [-0.05, 0) is 35.9 Å². The molecular formula is C22H14F5N3O2. The fourth-order valence-electron chi connectivity index (χ4n) is 3.36. The van der Waals surface area contributed by atoms with Gasteiger partial charge >= 0.3 is 12.8 Å². The van der Waals surface area contributed by atoms with Gasteiger partial charge in [-0.2, -0.15) is 22.0 Å². The largest absolute Gasteiger partial charge is 0.435 e. The van der Waals surface area contributed by atoms with Gasteiger partial charge in [0.25, 0.3) is 5.56 Å². The lowest BCUT2D eigenvalue weighted by molar-refractivity contribution is -0.137. The molecule has 0 aliphatic rings. The second-order valence-electron chi connectivity index (χ2n) is 6.76. The van der Waals surface area contributed by atoms with Crippen LogP contribution in [-0.2, 0) is 6.18 Å². The van der Waals surface area contributed by atoms with Crippen molar-refractivity contribution in [1.82, 2.24) is 9.55 Å². The van der Waals surface area contributed by atoms with Crippen LogP contribution >= 0.6 is 0 Å². The summed E-state index contributed by atoms with van der Waals surface area (Å²) in [7, 11) is 0. The molecule has 0 bridgehead atoms. The molecule has 4 rings (SSSR count). The van der Waals surface area contributed by atoms with Crippen LogP contribution in [0.5, 0.6) is 5.75 Å². The zero-order valence-corrected chi connectivity index (χ0v) is 16.1. The molecule has 32 heavy (non-hydrogen) atoms. The summed E-state index contributed by atoms with van der Waals surface area (Å²) in [6, 6.07) is 14.1. The number of rotatable bonds is 4. The van der Waals surface area contributed by atoms with Gasteiger partial charge in [-0.1, -0.05) is 30.3 Å². The van der Waals surface area contributed by atoms with Gasteiger partial charge < -0.3 is 10.5 Å². The number of nitrogens with zero attached hydrogens (tertiary/aromatic N) is 2. The highest BCUT2D eigenvalue weighted by atomic mass is 19.4. The number of fused-ring (bicyclic) bond motifs is 1. The molecule has 0 unspecified atom stereocenters. The van der Waals surface area contributed by atoms with Crippen molar-refractivity contribution in [3.63, 3.8) is 0 Å². The summed E-state index contributed by atoms with van der Waals surface area (Å²) in [5, 5.41) is 0. The molecule has 2 N–H and O–H groups in total. The maximum atomic E-state index is 13.5. The van der Waals surface area contributed by atoms with Crippen molar-refractivity contribution in [2.45, 2.75) is 12.8 Å². The molecule has 0 aliphatic carbocycles. The Morgan fingerprint density at radius 3 is 2.25 bits per heavy atom. The molecule has 10 heteroatoms. The number of benzene rings is 2. The quantitative estimate of drug-likeness (QED) is 0.434. The Kier molecular flexibility index (Phi) is 5.29. The molecule has 0 radical (unpaired) electrons. The van der Waals surface area contributed by atoms with E-state index in [1.165, 1.54) is 24.3 Å². The van der Waals surface area contributed by atoms with Crippen LogP contribution in [0.25, 0.3) is 27.8 Å². The van der Waals surface area contributed by atoms with Gasteiger partial charge in [0.15, 0.2) is 0 Å². The first-order chi connectivity index (χ1) is 15.2. The number of aromatic nitrogens is 2. The van der Waals surface area contributed by atoms with Gasteiger partial charge in [-0.25, -0.2) is 0 Å². The minimum atomic E-state index is -4.70. The van der Waals surface area contributed by atoms with Crippen molar-refractivity contribution in [1.29, 1.82) is 0 Å². The molecule has 2 aromatic heterocycles. The van der Waals surface area contributed by atoms with E-state index < -0.39 is 23.9 Å². The molecule has 2 aromatic carbocycles. The van der Waals surface area contributed by atoms with Crippen LogP contribution in [0.15, 0.2) is 71.7 Å². The maximum absolute atomic E-state index is 13.5. The lowest BCUT2D eigenvalue weighted by Gasteiger charge is -2.17. The van der Waals surface area contributed by atoms with Gasteiger partial charge in [0, 0.05) is 11.9 Å². The van der Waals surface area contributed by atoms with Crippen molar-refractivity contribution in [2.75, 3.05) is 5.73 Å². The van der Waals surface area contributed by atoms with Crippen molar-refractivity contribution in [2.24, 2.45) is 0 Å². The summed E-state index contributed by atoms with van der Waals surface area (Å²) >= 11 is 0. The predicted octanol–water partition coefficient (Wildman–Crippen LogP) is 5.26. The van der Waals surface area contributed by atoms with Gasteiger partial charge in [-0.15, -0.1) is 0 Å². The zero-order valence-electron chi connectivity index (χ0n) is 16.1. The molecule has 2 heterocycles. The highest BCUT2D eigenvalue weighted by Crippen LogP contribution is 2.34. The van der Waals surface area contributed by atoms with Crippen LogP contribution < -0.4 is 16.0 Å². The maximum Gasteiger partial charge on any atom is 0.417 e. The van der Waals surface area contributed by atoms with Crippen LogP contribution in [0.4, 0.5) is 27.6 Å². The summed E-state index contributed by atoms with van der Waals surface area (Å²) in [6.45, 7) is -3.05. The number of hydrogen-bond acceptors (Lipinski definition) is 4. The number of nitrogen functional groups attached to an aromatic ring is 1. The van der Waals surface area contributed by atoms with Crippen LogP contribution in [0.2, 0.25) is 0 Å². The van der Waals surface area contributed by atoms with E-state index in [0.29, 0.717) is 11.8 Å². The Labute approximate surface area is 177 Å². The SMILES string of the molecule is Nc1c(-c2ccccc2)c(=O)n(-c2ccc(OC(F)F)cc2)c2cc(C(F)(F)F)cnc12. The van der Waals surface area contributed by atoms with Crippen molar-refractivity contribution in [3.8, 4) is 22.6 Å². The van der Waals surface area contributed by atoms with Gasteiger partial charge in [0.1, 0.15) is 11.3 Å². The molecule has 0 saturated carbocycles. The monoisotopic (exact) mass is 447 g/mol. The first kappa shape index (κ1) is 21.3. The summed E-state index contributed by atoms with van der Waals surface area (Å²) in [5.74, 6) is -0.172. The zero-order chi connectivity index (χ0) is 23.0. The van der Waals surface area contributed by atoms with Gasteiger partial charge in [0.2, 0.25) is 0 Å². The highest BCUT2D eigenvalue weighted by molar-refractivity contribution is 5.96. The number of hydrogen-bond donors (Lipinski definition) is 1. The third kappa shape index (κ3) is 3.86. The smallest absolute Gasteiger partial charge is 0.417 e. The third-order valence-corrected chi connectivity index (χ3v) is 4.76. The van der Waals surface area contributed by atoms with Crippen LogP contribution in [0.3, 0.4) is 0 Å². The molecule has 0 spiro atoms. The van der Waals surface area contributed by atoms with Crippen molar-refractivity contribution in [3.05, 3.63) is 82.8 Å². The van der Waals surface area contributed by atoms with Crippen molar-refractivity contribution >= 4 is 16.7 Å². The third-order valence-electron chi connectivity index (χ3n) is 4.76. The summed E-state index contributed by atoms with van der Waals surface area (Å²) in [4.78, 5) is 17.3. The Balaban J connectivity index is 2.05. The molecule has 0 aliphatic heterocycles. The van der Waals surface area contributed by atoms with E-state index >= 15 is 0 Å². The second kappa shape index (κ2) is 7.95. The number of pyridine rings is 2. The van der Waals surface area contributed by atoms with Gasteiger partial charge in [0.05, 0.1) is 22.3 Å². The Morgan fingerprint density at radius 1 is 1.00 bits per heavy atom. The van der Waals surface area contributed by atoms with Crippen LogP contribution in [0.1, 0.15) is 5.56 Å². The number of nitrogens with two attached hydrogens (primary N) is 1. The first-order valence-electron chi connectivity index (χ1n) is 9.19. The standard InChI is InChI=1S/C22H14F5N3O2/c23-21(24)32-15-8-6-14(7-9-15)30-16-10-13(22(25,26)27)11-29-19(16)18(28)17(20(30)31)12-4-2-1-3-5-12/h1-11,21H,28H2. The lowest BCUT2D eigenvalue weighted by Crippen LogP contribution is -2.23. The van der Waals surface area contributed by atoms with E-state index in [1.807, 2.05) is 0 Å². The average Bonchev–Trinajstić information content (AvgIpc) is 2.74. The van der Waals surface area contributed by atoms with Crippen LogP contribution in [0, 0.1) is 0 Å². The summed E-state index contributed by atoms with van der Waals surface area (Å²) in [6.07, 6.45) is -4.06. The minimum Gasteiger partial charge on any atom is -0.435 e. The summed E-state index contributed by atoms with van der Waals surface area (Å²) < 4.78 is 70.2. The fraction of sp³-hybridized carbons (Fsp3) is 0.0909. The predicted molar refractivity (Wildman–Crippen MR) is 109 cm³/mol. The van der Waals surface area contributed by atoms with E-state index in [0.717, 1.165) is 10.6 Å². The number of alkyl halides is 5.